The fourth-order valence-electron chi connectivity index (χ4n) is 3.65. The van der Waals surface area contributed by atoms with E-state index in [0.29, 0.717) is 6.54 Å². The van der Waals surface area contributed by atoms with Crippen molar-refractivity contribution in [2.75, 3.05) is 19.6 Å². The Morgan fingerprint density at radius 3 is 2.64 bits per heavy atom. The fraction of sp³-hybridized carbons (Fsp3) is 0.286. The summed E-state index contributed by atoms with van der Waals surface area (Å²) in [5, 5.41) is 5.18. The van der Waals surface area contributed by atoms with E-state index in [4.69, 9.17) is 4.42 Å². The van der Waals surface area contributed by atoms with Gasteiger partial charge < -0.3 is 9.73 Å². The number of nitrogens with zero attached hydrogens (tertiary/aromatic N) is 1. The Hall–Kier alpha value is -2.59. The van der Waals surface area contributed by atoms with Crippen LogP contribution < -0.4 is 5.32 Å². The Morgan fingerprint density at radius 1 is 1.04 bits per heavy atom. The van der Waals surface area contributed by atoms with E-state index >= 15 is 0 Å². The van der Waals surface area contributed by atoms with Gasteiger partial charge in [-0.25, -0.2) is 0 Å². The second-order valence-corrected chi connectivity index (χ2v) is 6.51. The molecule has 4 rings (SSSR count). The summed E-state index contributed by atoms with van der Waals surface area (Å²) in [4.78, 5) is 15.2. The Morgan fingerprint density at radius 2 is 1.84 bits per heavy atom. The minimum absolute atomic E-state index is 0.0347. The fourth-order valence-corrected chi connectivity index (χ4v) is 3.65. The number of rotatable bonds is 5. The Kier molecular flexibility index (Phi) is 4.53. The molecule has 0 aliphatic carbocycles. The summed E-state index contributed by atoms with van der Waals surface area (Å²) in [6, 6.07) is 17.8. The van der Waals surface area contributed by atoms with Crippen LogP contribution in [0, 0.1) is 0 Å². The molecule has 0 radical (unpaired) electrons. The van der Waals surface area contributed by atoms with Gasteiger partial charge in [-0.15, -0.1) is 0 Å². The molecule has 0 unspecified atom stereocenters. The monoisotopic (exact) mass is 334 g/mol. The van der Waals surface area contributed by atoms with E-state index in [0.717, 1.165) is 35.2 Å². The van der Waals surface area contributed by atoms with Crippen LogP contribution in [-0.4, -0.2) is 30.4 Å². The van der Waals surface area contributed by atoms with Crippen LogP contribution >= 0.6 is 0 Å². The van der Waals surface area contributed by atoms with Crippen LogP contribution in [0.25, 0.3) is 10.8 Å². The predicted molar refractivity (Wildman–Crippen MR) is 98.5 cm³/mol. The summed E-state index contributed by atoms with van der Waals surface area (Å²) in [7, 11) is 0. The van der Waals surface area contributed by atoms with Gasteiger partial charge in [0.05, 0.1) is 12.3 Å². The number of likely N-dealkylation sites (tertiary alicyclic amines) is 1. The van der Waals surface area contributed by atoms with Crippen molar-refractivity contribution in [1.82, 2.24) is 10.2 Å². The minimum Gasteiger partial charge on any atom is -0.468 e. The van der Waals surface area contributed by atoms with Gasteiger partial charge in [-0.3, -0.25) is 9.69 Å². The molecular formula is C21H22N2O2. The molecule has 1 N–H and O–H groups in total. The molecule has 1 amide bonds. The van der Waals surface area contributed by atoms with Gasteiger partial charge >= 0.3 is 0 Å². The highest BCUT2D eigenvalue weighted by Gasteiger charge is 2.26. The molecule has 2 aromatic carbocycles. The third-order valence-corrected chi connectivity index (χ3v) is 4.94. The number of benzene rings is 2. The van der Waals surface area contributed by atoms with E-state index in [9.17, 15) is 4.79 Å². The maximum absolute atomic E-state index is 12.8. The van der Waals surface area contributed by atoms with Crippen molar-refractivity contribution in [3.8, 4) is 0 Å². The normalized spacial score (nSPS) is 16.2. The lowest BCUT2D eigenvalue weighted by atomic mass is 10.0. The summed E-state index contributed by atoms with van der Waals surface area (Å²) >= 11 is 0. The summed E-state index contributed by atoms with van der Waals surface area (Å²) in [6.45, 7) is 2.65. The number of carbonyl (C=O) groups is 1. The zero-order chi connectivity index (χ0) is 17.1. The van der Waals surface area contributed by atoms with Gasteiger partial charge in [0.1, 0.15) is 5.76 Å². The number of amides is 1. The van der Waals surface area contributed by atoms with Crippen molar-refractivity contribution >= 4 is 16.7 Å². The molecule has 25 heavy (non-hydrogen) atoms. The second-order valence-electron chi connectivity index (χ2n) is 6.51. The van der Waals surface area contributed by atoms with Crippen LogP contribution in [0.5, 0.6) is 0 Å². The third-order valence-electron chi connectivity index (χ3n) is 4.94. The van der Waals surface area contributed by atoms with Crippen LogP contribution in [0.2, 0.25) is 0 Å². The molecule has 1 aromatic heterocycles. The van der Waals surface area contributed by atoms with Crippen molar-refractivity contribution in [2.24, 2.45) is 0 Å². The van der Waals surface area contributed by atoms with Crippen molar-refractivity contribution < 1.29 is 9.21 Å². The Bertz CT molecular complexity index is 846. The van der Waals surface area contributed by atoms with Gasteiger partial charge in [-0.05, 0) is 54.9 Å². The molecule has 2 heterocycles. The SMILES string of the molecule is O=C(NC[C@@H](c1ccco1)N1CCCC1)c1cccc2ccccc12. The molecule has 1 aliphatic rings. The summed E-state index contributed by atoms with van der Waals surface area (Å²) < 4.78 is 5.62. The van der Waals surface area contributed by atoms with Gasteiger partial charge in [0.2, 0.25) is 0 Å². The van der Waals surface area contributed by atoms with Crippen molar-refractivity contribution in [3.63, 3.8) is 0 Å². The molecule has 3 aromatic rings. The molecule has 0 bridgehead atoms. The van der Waals surface area contributed by atoms with Gasteiger partial charge in [-0.2, -0.15) is 0 Å². The molecule has 1 saturated heterocycles. The Balaban J connectivity index is 1.53. The van der Waals surface area contributed by atoms with Crippen LogP contribution in [0.15, 0.2) is 65.3 Å². The molecular weight excluding hydrogens is 312 g/mol. The third kappa shape index (κ3) is 3.30. The molecule has 1 aliphatic heterocycles. The van der Waals surface area contributed by atoms with Crippen molar-refractivity contribution in [1.29, 1.82) is 0 Å². The van der Waals surface area contributed by atoms with E-state index in [1.54, 1.807) is 6.26 Å². The van der Waals surface area contributed by atoms with E-state index in [1.165, 1.54) is 12.8 Å². The molecule has 4 nitrogen and oxygen atoms in total. The Labute approximate surface area is 147 Å². The average molecular weight is 334 g/mol. The number of carbonyl (C=O) groups excluding carboxylic acids is 1. The molecule has 1 atom stereocenters. The largest absolute Gasteiger partial charge is 0.468 e. The molecule has 4 heteroatoms. The molecule has 0 saturated carbocycles. The molecule has 128 valence electrons. The maximum atomic E-state index is 12.8. The summed E-state index contributed by atoms with van der Waals surface area (Å²) in [5.41, 5.74) is 0.720. The van der Waals surface area contributed by atoms with Gasteiger partial charge in [0.15, 0.2) is 0 Å². The highest BCUT2D eigenvalue weighted by atomic mass is 16.3. The summed E-state index contributed by atoms with van der Waals surface area (Å²) in [6.07, 6.45) is 4.11. The number of nitrogens with one attached hydrogen (secondary N) is 1. The number of hydrogen-bond donors (Lipinski definition) is 1. The van der Waals surface area contributed by atoms with Gasteiger partial charge in [0.25, 0.3) is 5.91 Å². The van der Waals surface area contributed by atoms with Crippen molar-refractivity contribution in [3.05, 3.63) is 72.2 Å². The highest BCUT2D eigenvalue weighted by Crippen LogP contribution is 2.25. The zero-order valence-corrected chi connectivity index (χ0v) is 14.2. The molecule has 0 spiro atoms. The first-order valence-corrected chi connectivity index (χ1v) is 8.86. The smallest absolute Gasteiger partial charge is 0.251 e. The van der Waals surface area contributed by atoms with E-state index in [2.05, 4.69) is 10.2 Å². The lowest BCUT2D eigenvalue weighted by molar-refractivity contribution is 0.0935. The van der Waals surface area contributed by atoms with Crippen LogP contribution in [0.1, 0.15) is 35.0 Å². The van der Waals surface area contributed by atoms with E-state index < -0.39 is 0 Å². The number of fused-ring (bicyclic) bond motifs is 1. The number of hydrogen-bond acceptors (Lipinski definition) is 3. The standard InChI is InChI=1S/C21H22N2O2/c24-21(18-10-5-8-16-7-1-2-9-17(16)18)22-15-19(20-11-6-14-25-20)23-12-3-4-13-23/h1-2,5-11,14,19H,3-4,12-13,15H2,(H,22,24)/t19-/m0/s1. The maximum Gasteiger partial charge on any atom is 0.251 e. The average Bonchev–Trinajstić information content (AvgIpc) is 3.36. The lowest BCUT2D eigenvalue weighted by Gasteiger charge is -2.26. The van der Waals surface area contributed by atoms with Crippen molar-refractivity contribution in [2.45, 2.75) is 18.9 Å². The van der Waals surface area contributed by atoms with Crippen LogP contribution in [0.4, 0.5) is 0 Å². The number of furan rings is 1. The highest BCUT2D eigenvalue weighted by molar-refractivity contribution is 6.07. The van der Waals surface area contributed by atoms with Crippen LogP contribution in [-0.2, 0) is 0 Å². The first-order valence-electron chi connectivity index (χ1n) is 8.86. The van der Waals surface area contributed by atoms with E-state index in [1.807, 2.05) is 54.6 Å². The van der Waals surface area contributed by atoms with E-state index in [-0.39, 0.29) is 11.9 Å². The minimum atomic E-state index is -0.0347. The predicted octanol–water partition coefficient (Wildman–Crippen LogP) is 4.00. The molecule has 1 fully saturated rings. The first kappa shape index (κ1) is 15.9. The topological polar surface area (TPSA) is 45.5 Å². The van der Waals surface area contributed by atoms with Gasteiger partial charge in [0, 0.05) is 12.1 Å². The summed E-state index contributed by atoms with van der Waals surface area (Å²) in [5.74, 6) is 0.882. The second kappa shape index (κ2) is 7.11. The first-order chi connectivity index (χ1) is 12.3. The van der Waals surface area contributed by atoms with Crippen LogP contribution in [0.3, 0.4) is 0 Å². The zero-order valence-electron chi connectivity index (χ0n) is 14.2. The van der Waals surface area contributed by atoms with Gasteiger partial charge in [-0.1, -0.05) is 36.4 Å². The quantitative estimate of drug-likeness (QED) is 0.767. The lowest BCUT2D eigenvalue weighted by Crippen LogP contribution is -2.36.